The van der Waals surface area contributed by atoms with Gasteiger partial charge in [0.15, 0.2) is 0 Å². The molecule has 4 atom stereocenters. The maximum Gasteiger partial charge on any atom is 0.268 e. The van der Waals surface area contributed by atoms with Crippen molar-refractivity contribution in [3.8, 4) is 0 Å². The lowest BCUT2D eigenvalue weighted by molar-refractivity contribution is -0.237. The zero-order chi connectivity index (χ0) is 19.4. The topological polar surface area (TPSA) is 63.6 Å². The van der Waals surface area contributed by atoms with Gasteiger partial charge < -0.3 is 5.11 Å². The number of hydrogen-bond donors (Lipinski definition) is 1. The van der Waals surface area contributed by atoms with Crippen molar-refractivity contribution in [1.82, 2.24) is 0 Å². The molecule has 27 heavy (non-hydrogen) atoms. The number of benzene rings is 2. The minimum atomic E-state index is -3.72. The SMILES string of the molecule is CC1(C)C2CC(OS(=O)(=O)CCc3cccc4ccccc34)C(C)(O)C1C2. The van der Waals surface area contributed by atoms with Gasteiger partial charge in [0.1, 0.15) is 6.10 Å². The molecular weight excluding hydrogens is 360 g/mol. The van der Waals surface area contributed by atoms with E-state index in [1.165, 1.54) is 0 Å². The van der Waals surface area contributed by atoms with Crippen LogP contribution in [0, 0.1) is 17.3 Å². The number of aryl methyl sites for hydroxylation is 1. The Balaban J connectivity index is 1.47. The molecule has 146 valence electrons. The standard InChI is InChI=1S/C22H28O4S/c1-21(2)17-13-19(21)22(3,23)20(14-17)26-27(24,25)12-11-16-9-6-8-15-7-4-5-10-18(15)16/h4-10,17,19-20,23H,11-14H2,1-3H3. The highest BCUT2D eigenvalue weighted by molar-refractivity contribution is 7.86. The third-order valence-corrected chi connectivity index (χ3v) is 8.32. The highest BCUT2D eigenvalue weighted by atomic mass is 32.2. The van der Waals surface area contributed by atoms with Crippen LogP contribution in [0.25, 0.3) is 10.8 Å². The van der Waals surface area contributed by atoms with E-state index in [4.69, 9.17) is 4.18 Å². The smallest absolute Gasteiger partial charge is 0.268 e. The van der Waals surface area contributed by atoms with Gasteiger partial charge in [0.2, 0.25) is 0 Å². The molecule has 5 rings (SSSR count). The summed E-state index contributed by atoms with van der Waals surface area (Å²) in [5, 5.41) is 13.2. The lowest BCUT2D eigenvalue weighted by Gasteiger charge is -2.64. The fourth-order valence-electron chi connectivity index (χ4n) is 5.24. The molecule has 0 amide bonds. The molecule has 2 bridgehead atoms. The molecule has 3 fully saturated rings. The van der Waals surface area contributed by atoms with Gasteiger partial charge in [0.25, 0.3) is 10.1 Å². The minimum absolute atomic E-state index is 0.0517. The number of fused-ring (bicyclic) bond motifs is 3. The molecule has 3 aliphatic rings. The van der Waals surface area contributed by atoms with Crippen LogP contribution in [-0.2, 0) is 20.7 Å². The average Bonchev–Trinajstić information content (AvgIpc) is 2.61. The van der Waals surface area contributed by atoms with Gasteiger partial charge in [0.05, 0.1) is 11.4 Å². The summed E-state index contributed by atoms with van der Waals surface area (Å²) in [6.45, 7) is 6.05. The van der Waals surface area contributed by atoms with Gasteiger partial charge in [-0.25, -0.2) is 0 Å². The van der Waals surface area contributed by atoms with Crippen molar-refractivity contribution in [3.05, 3.63) is 48.0 Å². The second-order valence-corrected chi connectivity index (χ2v) is 10.7. The highest BCUT2D eigenvalue weighted by Gasteiger charge is 2.64. The summed E-state index contributed by atoms with van der Waals surface area (Å²) in [6, 6.07) is 13.9. The summed E-state index contributed by atoms with van der Waals surface area (Å²) in [7, 11) is -3.72. The van der Waals surface area contributed by atoms with Crippen molar-refractivity contribution >= 4 is 20.9 Å². The van der Waals surface area contributed by atoms with E-state index in [1.807, 2.05) is 42.5 Å². The van der Waals surface area contributed by atoms with Gasteiger partial charge in [-0.2, -0.15) is 8.42 Å². The molecule has 4 nitrogen and oxygen atoms in total. The highest BCUT2D eigenvalue weighted by Crippen LogP contribution is 2.63. The third-order valence-electron chi connectivity index (χ3n) is 7.09. The first kappa shape index (κ1) is 18.9. The number of hydrogen-bond acceptors (Lipinski definition) is 4. The van der Waals surface area contributed by atoms with E-state index in [9.17, 15) is 13.5 Å². The first-order chi connectivity index (χ1) is 12.6. The molecule has 2 aromatic rings. The Hall–Kier alpha value is -1.43. The Labute approximate surface area is 161 Å². The maximum absolute atomic E-state index is 12.6. The Morgan fingerprint density at radius 3 is 2.48 bits per heavy atom. The largest absolute Gasteiger partial charge is 0.387 e. The van der Waals surface area contributed by atoms with Crippen LogP contribution in [0.1, 0.15) is 39.2 Å². The van der Waals surface area contributed by atoms with Gasteiger partial charge in [-0.05, 0) is 59.8 Å². The summed E-state index contributed by atoms with van der Waals surface area (Å²) in [5.41, 5.74) is -0.0550. The molecule has 0 radical (unpaired) electrons. The Bertz CT molecular complexity index is 956. The predicted molar refractivity (Wildman–Crippen MR) is 107 cm³/mol. The Kier molecular flexibility index (Phi) is 4.41. The van der Waals surface area contributed by atoms with Gasteiger partial charge >= 0.3 is 0 Å². The van der Waals surface area contributed by atoms with E-state index in [0.29, 0.717) is 18.8 Å². The van der Waals surface area contributed by atoms with Crippen LogP contribution >= 0.6 is 0 Å². The minimum Gasteiger partial charge on any atom is -0.387 e. The lowest BCUT2D eigenvalue weighted by atomic mass is 9.43. The normalized spacial score (nSPS) is 32.2. The lowest BCUT2D eigenvalue weighted by Crippen LogP contribution is -2.67. The molecule has 3 saturated carbocycles. The molecule has 0 aliphatic heterocycles. The van der Waals surface area contributed by atoms with Crippen molar-refractivity contribution in [2.24, 2.45) is 17.3 Å². The summed E-state index contributed by atoms with van der Waals surface area (Å²) >= 11 is 0. The second kappa shape index (κ2) is 6.29. The molecule has 2 aromatic carbocycles. The number of rotatable bonds is 5. The molecular formula is C22H28O4S. The van der Waals surface area contributed by atoms with Crippen molar-refractivity contribution in [2.75, 3.05) is 5.75 Å². The Morgan fingerprint density at radius 2 is 1.78 bits per heavy atom. The van der Waals surface area contributed by atoms with Crippen molar-refractivity contribution in [3.63, 3.8) is 0 Å². The van der Waals surface area contributed by atoms with Crippen molar-refractivity contribution in [1.29, 1.82) is 0 Å². The second-order valence-electron chi connectivity index (χ2n) is 9.00. The van der Waals surface area contributed by atoms with E-state index in [2.05, 4.69) is 13.8 Å². The fourth-order valence-corrected chi connectivity index (χ4v) is 6.43. The average molecular weight is 389 g/mol. The summed E-state index contributed by atoms with van der Waals surface area (Å²) in [4.78, 5) is 0. The molecule has 0 spiro atoms. The van der Waals surface area contributed by atoms with Crippen LogP contribution in [0.3, 0.4) is 0 Å². The van der Waals surface area contributed by atoms with Crippen LogP contribution in [0.4, 0.5) is 0 Å². The van der Waals surface area contributed by atoms with Crippen LogP contribution in [0.15, 0.2) is 42.5 Å². The summed E-state index contributed by atoms with van der Waals surface area (Å²) in [5.74, 6) is 0.426. The summed E-state index contributed by atoms with van der Waals surface area (Å²) < 4.78 is 30.8. The first-order valence-electron chi connectivity index (χ1n) is 9.71. The molecule has 0 saturated heterocycles. The van der Waals surface area contributed by atoms with E-state index in [0.717, 1.165) is 22.8 Å². The van der Waals surface area contributed by atoms with Crippen molar-refractivity contribution < 1.29 is 17.7 Å². The van der Waals surface area contributed by atoms with E-state index in [-0.39, 0.29) is 17.1 Å². The number of aliphatic hydroxyl groups is 1. The molecule has 3 aliphatic carbocycles. The van der Waals surface area contributed by atoms with Crippen LogP contribution in [0.2, 0.25) is 0 Å². The van der Waals surface area contributed by atoms with Crippen LogP contribution in [-0.4, -0.2) is 31.0 Å². The third kappa shape index (κ3) is 3.20. The zero-order valence-corrected chi connectivity index (χ0v) is 17.0. The molecule has 0 heterocycles. The van der Waals surface area contributed by atoms with Crippen LogP contribution < -0.4 is 0 Å². The zero-order valence-electron chi connectivity index (χ0n) is 16.2. The van der Waals surface area contributed by atoms with Gasteiger partial charge in [-0.3, -0.25) is 4.18 Å². The van der Waals surface area contributed by atoms with Gasteiger partial charge in [0, 0.05) is 0 Å². The predicted octanol–water partition coefficient (Wildman–Crippen LogP) is 3.91. The van der Waals surface area contributed by atoms with Crippen molar-refractivity contribution in [2.45, 2.75) is 51.7 Å². The van der Waals surface area contributed by atoms with E-state index < -0.39 is 21.8 Å². The van der Waals surface area contributed by atoms with Crippen LogP contribution in [0.5, 0.6) is 0 Å². The first-order valence-corrected chi connectivity index (χ1v) is 11.3. The molecule has 4 unspecified atom stereocenters. The molecule has 1 N–H and O–H groups in total. The molecule has 0 aromatic heterocycles. The van der Waals surface area contributed by atoms with Gasteiger partial charge in [-0.1, -0.05) is 56.3 Å². The Morgan fingerprint density at radius 1 is 1.07 bits per heavy atom. The fraction of sp³-hybridized carbons (Fsp3) is 0.545. The summed E-state index contributed by atoms with van der Waals surface area (Å²) in [6.07, 6.45) is 1.31. The van der Waals surface area contributed by atoms with E-state index >= 15 is 0 Å². The quantitative estimate of drug-likeness (QED) is 0.789. The van der Waals surface area contributed by atoms with E-state index in [1.54, 1.807) is 6.92 Å². The molecule has 5 heteroatoms. The van der Waals surface area contributed by atoms with Gasteiger partial charge in [-0.15, -0.1) is 0 Å². The monoisotopic (exact) mass is 388 g/mol. The maximum atomic E-state index is 12.6.